The van der Waals surface area contributed by atoms with Gasteiger partial charge in [-0.2, -0.15) is 10.2 Å². The van der Waals surface area contributed by atoms with Crippen LogP contribution in [0.25, 0.3) is 11.7 Å². The molecule has 1 aliphatic carbocycles. The Kier molecular flexibility index (Phi) is 6.03. The number of furan rings is 1. The highest BCUT2D eigenvalue weighted by Gasteiger charge is 2.29. The number of anilines is 2. The Hall–Kier alpha value is -3.73. The third-order valence-corrected chi connectivity index (χ3v) is 6.33. The standard InChI is InChI=1S/C25H26N4O4/c26-16-21-25(33-24(28-21)22-6-3-15-31-22)29-13-11-17(12-14-29)23(30)27-18-7-9-20(10-8-18)32-19-4-1-2-5-19/h3,6-10,15,17,19H,1-2,4-5,11-14H2,(H,27,30). The van der Waals surface area contributed by atoms with Crippen molar-refractivity contribution in [3.05, 3.63) is 48.4 Å². The van der Waals surface area contributed by atoms with Crippen LogP contribution >= 0.6 is 0 Å². The van der Waals surface area contributed by atoms with Crippen molar-refractivity contribution in [2.75, 3.05) is 23.3 Å². The number of carbonyl (C=O) groups is 1. The summed E-state index contributed by atoms with van der Waals surface area (Å²) in [7, 11) is 0. The molecule has 1 N–H and O–H groups in total. The van der Waals surface area contributed by atoms with Gasteiger partial charge >= 0.3 is 0 Å². The van der Waals surface area contributed by atoms with Gasteiger partial charge in [0.2, 0.25) is 17.5 Å². The summed E-state index contributed by atoms with van der Waals surface area (Å²) in [6.45, 7) is 1.21. The second-order valence-corrected chi connectivity index (χ2v) is 8.56. The predicted molar refractivity (Wildman–Crippen MR) is 122 cm³/mol. The number of carbonyl (C=O) groups excluding carboxylic acids is 1. The molecule has 0 atom stereocenters. The first-order valence-corrected chi connectivity index (χ1v) is 11.5. The van der Waals surface area contributed by atoms with Gasteiger partial charge in [0.05, 0.1) is 12.4 Å². The topological polar surface area (TPSA) is 105 Å². The minimum absolute atomic E-state index is 0.00784. The number of amides is 1. The Morgan fingerprint density at radius 2 is 1.88 bits per heavy atom. The number of nitrogens with one attached hydrogen (secondary N) is 1. The molecule has 1 saturated carbocycles. The van der Waals surface area contributed by atoms with Crippen LogP contribution in [-0.2, 0) is 4.79 Å². The van der Waals surface area contributed by atoms with E-state index in [0.29, 0.717) is 43.7 Å². The second-order valence-electron chi connectivity index (χ2n) is 8.56. The zero-order valence-corrected chi connectivity index (χ0v) is 18.3. The van der Waals surface area contributed by atoms with Crippen LogP contribution in [0.4, 0.5) is 11.6 Å². The van der Waals surface area contributed by atoms with Crippen molar-refractivity contribution in [1.82, 2.24) is 4.98 Å². The number of aromatic nitrogens is 1. The van der Waals surface area contributed by atoms with E-state index in [-0.39, 0.29) is 23.4 Å². The second kappa shape index (κ2) is 9.41. The van der Waals surface area contributed by atoms with E-state index in [1.165, 1.54) is 19.1 Å². The highest BCUT2D eigenvalue weighted by molar-refractivity contribution is 5.92. The van der Waals surface area contributed by atoms with Gasteiger partial charge < -0.3 is 23.8 Å². The molecule has 1 saturated heterocycles. The maximum atomic E-state index is 12.8. The fourth-order valence-electron chi connectivity index (χ4n) is 4.51. The fourth-order valence-corrected chi connectivity index (χ4v) is 4.51. The monoisotopic (exact) mass is 446 g/mol. The molecule has 2 fully saturated rings. The lowest BCUT2D eigenvalue weighted by molar-refractivity contribution is -0.120. The first-order valence-electron chi connectivity index (χ1n) is 11.5. The molecule has 2 aliphatic rings. The van der Waals surface area contributed by atoms with Gasteiger partial charge in [0.15, 0.2) is 5.76 Å². The lowest BCUT2D eigenvalue weighted by atomic mass is 9.96. The molecule has 2 aromatic heterocycles. The summed E-state index contributed by atoms with van der Waals surface area (Å²) in [5, 5.41) is 12.5. The number of rotatable bonds is 6. The molecule has 170 valence electrons. The minimum atomic E-state index is -0.103. The molecule has 0 spiro atoms. The highest BCUT2D eigenvalue weighted by Crippen LogP contribution is 2.32. The third kappa shape index (κ3) is 4.72. The molecule has 3 heterocycles. The lowest BCUT2D eigenvalue weighted by Crippen LogP contribution is -2.38. The summed E-state index contributed by atoms with van der Waals surface area (Å²) in [5.41, 5.74) is 0.996. The summed E-state index contributed by atoms with van der Waals surface area (Å²) in [4.78, 5) is 19.0. The Balaban J connectivity index is 1.16. The molecule has 8 nitrogen and oxygen atoms in total. The van der Waals surface area contributed by atoms with Gasteiger partial charge in [-0.05, 0) is 74.9 Å². The maximum Gasteiger partial charge on any atom is 0.266 e. The summed E-state index contributed by atoms with van der Waals surface area (Å²) >= 11 is 0. The number of ether oxygens (including phenoxy) is 1. The van der Waals surface area contributed by atoms with E-state index in [1.807, 2.05) is 29.2 Å². The van der Waals surface area contributed by atoms with Crippen molar-refractivity contribution in [3.63, 3.8) is 0 Å². The van der Waals surface area contributed by atoms with E-state index in [2.05, 4.69) is 16.4 Å². The van der Waals surface area contributed by atoms with E-state index in [0.717, 1.165) is 24.3 Å². The normalized spacial score (nSPS) is 17.1. The van der Waals surface area contributed by atoms with Crippen molar-refractivity contribution in [1.29, 1.82) is 5.26 Å². The lowest BCUT2D eigenvalue weighted by Gasteiger charge is -2.31. The fraction of sp³-hybridized carbons (Fsp3) is 0.400. The molecule has 5 rings (SSSR count). The van der Waals surface area contributed by atoms with Crippen molar-refractivity contribution < 1.29 is 18.4 Å². The van der Waals surface area contributed by atoms with Crippen molar-refractivity contribution in [2.24, 2.45) is 5.92 Å². The number of piperidine rings is 1. The van der Waals surface area contributed by atoms with Crippen LogP contribution in [0.1, 0.15) is 44.2 Å². The Morgan fingerprint density at radius 3 is 2.55 bits per heavy atom. The Labute approximate surface area is 192 Å². The number of hydrogen-bond acceptors (Lipinski definition) is 7. The zero-order chi connectivity index (χ0) is 22.6. The Bertz CT molecular complexity index is 1120. The van der Waals surface area contributed by atoms with Crippen molar-refractivity contribution >= 4 is 17.5 Å². The summed E-state index contributed by atoms with van der Waals surface area (Å²) in [6, 6.07) is 13.2. The van der Waals surface area contributed by atoms with Crippen LogP contribution < -0.4 is 15.0 Å². The van der Waals surface area contributed by atoms with Gasteiger partial charge in [-0.15, -0.1) is 0 Å². The van der Waals surface area contributed by atoms with Gasteiger partial charge in [-0.1, -0.05) is 0 Å². The molecule has 3 aromatic rings. The van der Waals surface area contributed by atoms with E-state index in [1.54, 1.807) is 12.1 Å². The largest absolute Gasteiger partial charge is 0.490 e. The first-order chi connectivity index (χ1) is 16.2. The van der Waals surface area contributed by atoms with Gasteiger partial charge in [0, 0.05) is 24.7 Å². The predicted octanol–water partition coefficient (Wildman–Crippen LogP) is 4.98. The van der Waals surface area contributed by atoms with Crippen LogP contribution in [0.3, 0.4) is 0 Å². The molecule has 1 aliphatic heterocycles. The van der Waals surface area contributed by atoms with Crippen LogP contribution in [-0.4, -0.2) is 30.1 Å². The van der Waals surface area contributed by atoms with Crippen LogP contribution in [0, 0.1) is 17.2 Å². The molecule has 33 heavy (non-hydrogen) atoms. The van der Waals surface area contributed by atoms with E-state index < -0.39 is 0 Å². The van der Waals surface area contributed by atoms with Crippen molar-refractivity contribution in [3.8, 4) is 23.5 Å². The van der Waals surface area contributed by atoms with Gasteiger partial charge in [0.25, 0.3) is 5.89 Å². The first kappa shape index (κ1) is 21.1. The van der Waals surface area contributed by atoms with Crippen LogP contribution in [0.15, 0.2) is 51.5 Å². The average Bonchev–Trinajstić information content (AvgIpc) is 3.62. The number of oxazole rings is 1. The molecule has 0 unspecified atom stereocenters. The summed E-state index contributed by atoms with van der Waals surface area (Å²) < 4.78 is 17.1. The molecule has 1 aromatic carbocycles. The molecular formula is C25H26N4O4. The SMILES string of the molecule is N#Cc1nc(-c2ccco2)oc1N1CCC(C(=O)Nc2ccc(OC3CCCC3)cc2)CC1. The van der Waals surface area contributed by atoms with E-state index in [9.17, 15) is 10.1 Å². The van der Waals surface area contributed by atoms with Gasteiger partial charge in [0.1, 0.15) is 11.8 Å². The number of benzene rings is 1. The molecule has 0 radical (unpaired) electrons. The maximum absolute atomic E-state index is 12.8. The average molecular weight is 447 g/mol. The Morgan fingerprint density at radius 1 is 1.12 bits per heavy atom. The van der Waals surface area contributed by atoms with E-state index >= 15 is 0 Å². The van der Waals surface area contributed by atoms with Crippen LogP contribution in [0.5, 0.6) is 5.75 Å². The summed E-state index contributed by atoms with van der Waals surface area (Å²) in [5.74, 6) is 1.95. The molecule has 0 bridgehead atoms. The minimum Gasteiger partial charge on any atom is -0.490 e. The smallest absolute Gasteiger partial charge is 0.266 e. The molecular weight excluding hydrogens is 420 g/mol. The quantitative estimate of drug-likeness (QED) is 0.569. The van der Waals surface area contributed by atoms with Crippen molar-refractivity contribution in [2.45, 2.75) is 44.6 Å². The highest BCUT2D eigenvalue weighted by atomic mass is 16.5. The zero-order valence-electron chi connectivity index (χ0n) is 18.3. The van der Waals surface area contributed by atoms with Gasteiger partial charge in [-0.3, -0.25) is 4.79 Å². The molecule has 8 heteroatoms. The van der Waals surface area contributed by atoms with E-state index in [4.69, 9.17) is 13.6 Å². The van der Waals surface area contributed by atoms with Crippen LogP contribution in [0.2, 0.25) is 0 Å². The number of nitrogens with zero attached hydrogens (tertiary/aromatic N) is 3. The summed E-state index contributed by atoms with van der Waals surface area (Å²) in [6.07, 6.45) is 7.87. The number of hydrogen-bond donors (Lipinski definition) is 1. The van der Waals surface area contributed by atoms with Gasteiger partial charge in [-0.25, -0.2) is 0 Å². The third-order valence-electron chi connectivity index (χ3n) is 6.33. The molecule has 1 amide bonds. The number of nitriles is 1.